The first-order valence-corrected chi connectivity index (χ1v) is 14.9. The highest BCUT2D eigenvalue weighted by Gasteiger charge is 2.51. The molecule has 1 aliphatic rings. The van der Waals surface area contributed by atoms with Gasteiger partial charge in [-0.05, 0) is 12.8 Å². The number of aryl methyl sites for hydroxylation is 1. The van der Waals surface area contributed by atoms with Crippen molar-refractivity contribution in [2.45, 2.75) is 142 Å². The molecule has 1 aromatic heterocycles. The fourth-order valence-electron chi connectivity index (χ4n) is 5.06. The van der Waals surface area contributed by atoms with Crippen LogP contribution in [-0.2, 0) is 44.5 Å². The van der Waals surface area contributed by atoms with Crippen LogP contribution in [0.15, 0.2) is 6.20 Å². The highest BCUT2D eigenvalue weighted by Crippen LogP contribution is 2.32. The van der Waals surface area contributed by atoms with Gasteiger partial charge in [-0.15, -0.1) is 5.10 Å². The van der Waals surface area contributed by atoms with E-state index in [1.165, 1.54) is 90.2 Å². The van der Waals surface area contributed by atoms with E-state index >= 15 is 0 Å². The maximum atomic E-state index is 12.1. The Morgan fingerprint density at radius 2 is 1.39 bits per heavy atom. The topological polar surface area (TPSA) is 148 Å². The third-order valence-electron chi connectivity index (χ3n) is 6.95. The van der Waals surface area contributed by atoms with Crippen LogP contribution in [0.5, 0.6) is 0 Å². The van der Waals surface area contributed by atoms with Crippen LogP contribution in [0.1, 0.15) is 117 Å². The number of nitrogens with zero attached hydrogens (tertiary/aromatic N) is 3. The summed E-state index contributed by atoms with van der Waals surface area (Å²) in [5, 5.41) is 11.3. The number of aromatic nitrogens is 3. The molecule has 0 aromatic carbocycles. The molecule has 1 aromatic rings. The van der Waals surface area contributed by atoms with Crippen LogP contribution < -0.4 is 5.32 Å². The predicted molar refractivity (Wildman–Crippen MR) is 149 cm³/mol. The zero-order valence-corrected chi connectivity index (χ0v) is 25.3. The van der Waals surface area contributed by atoms with Crippen LogP contribution in [0.3, 0.4) is 0 Å². The zero-order valence-electron chi connectivity index (χ0n) is 25.3. The van der Waals surface area contributed by atoms with E-state index < -0.39 is 54.4 Å². The first kappa shape index (κ1) is 34.2. The fraction of sp³-hybridized carbons (Fsp3) is 0.793. The van der Waals surface area contributed by atoms with Crippen LogP contribution >= 0.6 is 0 Å². The Labute approximate surface area is 243 Å². The molecule has 1 saturated heterocycles. The number of nitrogens with one attached hydrogen (secondary N) is 1. The van der Waals surface area contributed by atoms with E-state index in [-0.39, 0.29) is 6.61 Å². The molecule has 232 valence electrons. The second-order valence-corrected chi connectivity index (χ2v) is 10.7. The summed E-state index contributed by atoms with van der Waals surface area (Å²) in [6, 6.07) is -0.967. The number of amides is 1. The van der Waals surface area contributed by atoms with Gasteiger partial charge in [-0.2, -0.15) is 0 Å². The van der Waals surface area contributed by atoms with E-state index in [1.54, 1.807) is 6.20 Å². The molecule has 0 unspecified atom stereocenters. The van der Waals surface area contributed by atoms with Gasteiger partial charge >= 0.3 is 17.9 Å². The molecule has 2 heterocycles. The normalized spacial score (nSPS) is 22.1. The predicted octanol–water partition coefficient (Wildman–Crippen LogP) is 3.96. The van der Waals surface area contributed by atoms with Crippen molar-refractivity contribution in [2.24, 2.45) is 0 Å². The van der Waals surface area contributed by atoms with E-state index in [2.05, 4.69) is 22.6 Å². The van der Waals surface area contributed by atoms with Crippen molar-refractivity contribution < 1.29 is 38.1 Å². The molecule has 0 radical (unpaired) electrons. The molecule has 12 heteroatoms. The number of esters is 3. The van der Waals surface area contributed by atoms with Crippen molar-refractivity contribution in [3.8, 4) is 0 Å². The van der Waals surface area contributed by atoms with Crippen LogP contribution in [-0.4, -0.2) is 69.8 Å². The molecule has 12 nitrogen and oxygen atoms in total. The number of hydrogen-bond acceptors (Lipinski definition) is 10. The standard InChI is InChI=1S/C29H48N4O8/c1-6-7-8-9-10-11-12-13-14-15-16-17-24-18-33(32-31-24)29-26(30-20(2)34)28(40-23(5)37)27(39-22(4)36)25(41-29)19-38-21(3)35/h18,25-29H,6-17,19H2,1-5H3,(H,30,34)/t25-,26-,27-,28-,29-/m1/s1. The minimum Gasteiger partial charge on any atom is -0.463 e. The molecule has 1 fully saturated rings. The van der Waals surface area contributed by atoms with Gasteiger partial charge in [0.2, 0.25) is 5.91 Å². The largest absolute Gasteiger partial charge is 0.463 e. The van der Waals surface area contributed by atoms with Crippen LogP contribution in [0.25, 0.3) is 0 Å². The Morgan fingerprint density at radius 1 is 0.829 bits per heavy atom. The first-order valence-electron chi connectivity index (χ1n) is 14.9. The molecule has 0 aliphatic carbocycles. The number of unbranched alkanes of at least 4 members (excludes halogenated alkanes) is 10. The van der Waals surface area contributed by atoms with Gasteiger partial charge in [-0.25, -0.2) is 4.68 Å². The minimum absolute atomic E-state index is 0.269. The average molecular weight is 581 g/mol. The fourth-order valence-corrected chi connectivity index (χ4v) is 5.06. The van der Waals surface area contributed by atoms with Gasteiger partial charge in [0.05, 0.1) is 11.9 Å². The Kier molecular flexibility index (Phi) is 15.4. The van der Waals surface area contributed by atoms with Crippen LogP contribution in [0.4, 0.5) is 0 Å². The van der Waals surface area contributed by atoms with Crippen LogP contribution in [0.2, 0.25) is 0 Å². The smallest absolute Gasteiger partial charge is 0.303 e. The molecule has 0 spiro atoms. The Balaban J connectivity index is 2.06. The number of rotatable bonds is 18. The van der Waals surface area contributed by atoms with Gasteiger partial charge in [0, 0.05) is 27.7 Å². The quantitative estimate of drug-likeness (QED) is 0.154. The van der Waals surface area contributed by atoms with E-state index in [1.807, 2.05) is 0 Å². The molecular weight excluding hydrogens is 532 g/mol. The molecular formula is C29H48N4O8. The highest BCUT2D eigenvalue weighted by molar-refractivity contribution is 5.73. The lowest BCUT2D eigenvalue weighted by atomic mass is 9.95. The van der Waals surface area contributed by atoms with Gasteiger partial charge in [-0.1, -0.05) is 76.3 Å². The van der Waals surface area contributed by atoms with E-state index in [0.717, 1.165) is 25.0 Å². The third kappa shape index (κ3) is 12.6. The third-order valence-corrected chi connectivity index (χ3v) is 6.95. The SMILES string of the molecule is CCCCCCCCCCCCCc1cn([C@@H]2O[C@H](COC(C)=O)[C@@H](OC(C)=O)[C@H](OC(C)=O)[C@H]2NC(C)=O)nn1. The maximum absolute atomic E-state index is 12.1. The summed E-state index contributed by atoms with van der Waals surface area (Å²) in [6.45, 7) is 6.93. The Morgan fingerprint density at radius 3 is 1.93 bits per heavy atom. The number of carbonyl (C=O) groups excluding carboxylic acids is 4. The molecule has 1 aliphatic heterocycles. The molecule has 2 rings (SSSR count). The van der Waals surface area contributed by atoms with Crippen molar-refractivity contribution in [1.29, 1.82) is 0 Å². The lowest BCUT2D eigenvalue weighted by Crippen LogP contribution is -2.64. The molecule has 0 saturated carbocycles. The van der Waals surface area contributed by atoms with Gasteiger partial charge in [0.1, 0.15) is 18.8 Å². The Bertz CT molecular complexity index is 968. The lowest BCUT2D eigenvalue weighted by Gasteiger charge is -2.45. The Hall–Kier alpha value is -3.02. The second-order valence-electron chi connectivity index (χ2n) is 10.7. The zero-order chi connectivity index (χ0) is 30.2. The van der Waals surface area contributed by atoms with Gasteiger partial charge in [0.25, 0.3) is 0 Å². The minimum atomic E-state index is -1.15. The molecule has 1 N–H and O–H groups in total. The summed E-state index contributed by atoms with van der Waals surface area (Å²) in [5.41, 5.74) is 0.758. The molecule has 0 bridgehead atoms. The number of hydrogen-bond donors (Lipinski definition) is 1. The van der Waals surface area contributed by atoms with Crippen molar-refractivity contribution in [3.05, 3.63) is 11.9 Å². The summed E-state index contributed by atoms with van der Waals surface area (Å²) in [7, 11) is 0. The van der Waals surface area contributed by atoms with E-state index in [0.29, 0.717) is 0 Å². The van der Waals surface area contributed by atoms with E-state index in [4.69, 9.17) is 18.9 Å². The summed E-state index contributed by atoms with van der Waals surface area (Å²) in [4.78, 5) is 47.6. The summed E-state index contributed by atoms with van der Waals surface area (Å²) >= 11 is 0. The number of carbonyl (C=O) groups is 4. The molecule has 1 amide bonds. The van der Waals surface area contributed by atoms with Crippen molar-refractivity contribution >= 4 is 23.8 Å². The monoisotopic (exact) mass is 580 g/mol. The van der Waals surface area contributed by atoms with Crippen LogP contribution in [0, 0.1) is 0 Å². The lowest BCUT2D eigenvalue weighted by molar-refractivity contribution is -0.239. The summed E-state index contributed by atoms with van der Waals surface area (Å²) in [6.07, 6.45) is 11.9. The number of ether oxygens (including phenoxy) is 4. The van der Waals surface area contributed by atoms with Crippen molar-refractivity contribution in [2.75, 3.05) is 6.61 Å². The molecule has 41 heavy (non-hydrogen) atoms. The average Bonchev–Trinajstić information content (AvgIpc) is 3.36. The highest BCUT2D eigenvalue weighted by atomic mass is 16.6. The van der Waals surface area contributed by atoms with Gasteiger partial charge < -0.3 is 24.3 Å². The first-order chi connectivity index (χ1) is 19.6. The summed E-state index contributed by atoms with van der Waals surface area (Å²) < 4.78 is 23.8. The molecule has 5 atom stereocenters. The summed E-state index contributed by atoms with van der Waals surface area (Å²) in [5.74, 6) is -2.28. The van der Waals surface area contributed by atoms with Crippen molar-refractivity contribution in [1.82, 2.24) is 20.3 Å². The van der Waals surface area contributed by atoms with Gasteiger partial charge in [0.15, 0.2) is 18.4 Å². The maximum Gasteiger partial charge on any atom is 0.303 e. The van der Waals surface area contributed by atoms with E-state index in [9.17, 15) is 19.2 Å². The van der Waals surface area contributed by atoms with Gasteiger partial charge in [-0.3, -0.25) is 19.2 Å². The van der Waals surface area contributed by atoms with Crippen molar-refractivity contribution in [3.63, 3.8) is 0 Å². The second kappa shape index (κ2) is 18.4.